The Morgan fingerprint density at radius 3 is 2.75 bits per heavy atom. The molecule has 0 heterocycles. The van der Waals surface area contributed by atoms with Crippen LogP contribution in [0.25, 0.3) is 0 Å². The Hall–Kier alpha value is -1.26. The molecule has 0 amide bonds. The number of carbonyl (C=O) groups is 2. The van der Waals surface area contributed by atoms with Gasteiger partial charge in [0, 0.05) is 11.8 Å². The van der Waals surface area contributed by atoms with Crippen LogP contribution in [-0.2, 0) is 9.59 Å². The number of aliphatic hydroxyl groups is 2. The molecule has 0 radical (unpaired) electrons. The van der Waals surface area contributed by atoms with E-state index in [1.807, 2.05) is 6.08 Å². The van der Waals surface area contributed by atoms with Gasteiger partial charge in [0.05, 0.1) is 0 Å². The third kappa shape index (κ3) is 1.99. The predicted octanol–water partition coefficient (Wildman–Crippen LogP) is 2.48. The van der Waals surface area contributed by atoms with E-state index in [1.165, 1.54) is 16.7 Å². The molecule has 0 aromatic carbocycles. The number of aliphatic hydroxyl groups excluding tert-OH is 1. The number of fused-ring (bicyclic) bond motifs is 4. The molecular weight excluding hydrogens is 304 g/mol. The van der Waals surface area contributed by atoms with E-state index in [0.29, 0.717) is 24.7 Å². The normalized spacial score (nSPS) is 41.5. The number of rotatable bonds is 2. The number of allylic oxidation sites excluding steroid dienone is 4. The maximum absolute atomic E-state index is 12.3. The third-order valence-electron chi connectivity index (χ3n) is 7.49. The first kappa shape index (κ1) is 16.2. The van der Waals surface area contributed by atoms with Gasteiger partial charge in [-0.15, -0.1) is 0 Å². The largest absolute Gasteiger partial charge is 0.388 e. The molecule has 0 spiro atoms. The van der Waals surface area contributed by atoms with Crippen LogP contribution in [0.3, 0.4) is 0 Å². The zero-order valence-corrected chi connectivity index (χ0v) is 14.3. The monoisotopic (exact) mass is 330 g/mol. The van der Waals surface area contributed by atoms with Gasteiger partial charge in [-0.2, -0.15) is 0 Å². The molecular formula is C20H26O4. The highest BCUT2D eigenvalue weighted by Gasteiger charge is 2.63. The highest BCUT2D eigenvalue weighted by molar-refractivity contribution is 5.93. The van der Waals surface area contributed by atoms with Crippen molar-refractivity contribution in [3.63, 3.8) is 0 Å². The van der Waals surface area contributed by atoms with Gasteiger partial charge >= 0.3 is 0 Å². The number of hydrogen-bond acceptors (Lipinski definition) is 4. The SMILES string of the molecule is CC12CCC3=C4CCC(=O)C=C4CCC3C1CCC2(O)C(=O)CO. The van der Waals surface area contributed by atoms with Crippen LogP contribution in [0.15, 0.2) is 22.8 Å². The minimum Gasteiger partial charge on any atom is -0.388 e. The van der Waals surface area contributed by atoms with Crippen LogP contribution in [0, 0.1) is 17.3 Å². The lowest BCUT2D eigenvalue weighted by atomic mass is 9.54. The maximum Gasteiger partial charge on any atom is 0.190 e. The molecule has 2 fully saturated rings. The standard InChI is InChI=1S/C20H26O4/c1-19-8-6-15-14-5-3-13(22)10-12(14)2-4-16(15)17(19)7-9-20(19,24)18(23)11-21/h10,16-17,21,24H,2-9,11H2,1H3. The second-order valence-electron chi connectivity index (χ2n) is 8.29. The van der Waals surface area contributed by atoms with E-state index in [2.05, 4.69) is 6.92 Å². The summed E-state index contributed by atoms with van der Waals surface area (Å²) in [6.07, 6.45) is 8.28. The van der Waals surface area contributed by atoms with Crippen molar-refractivity contribution in [3.8, 4) is 0 Å². The molecule has 4 heteroatoms. The number of Topliss-reactive ketones (excluding diaryl/α,β-unsaturated/α-hetero) is 1. The van der Waals surface area contributed by atoms with E-state index in [-0.39, 0.29) is 5.78 Å². The zero-order valence-electron chi connectivity index (χ0n) is 14.3. The van der Waals surface area contributed by atoms with Crippen LogP contribution in [0.4, 0.5) is 0 Å². The first-order chi connectivity index (χ1) is 11.4. The summed E-state index contributed by atoms with van der Waals surface area (Å²) in [6.45, 7) is 1.47. The van der Waals surface area contributed by atoms with Crippen molar-refractivity contribution in [2.75, 3.05) is 6.61 Å². The first-order valence-corrected chi connectivity index (χ1v) is 9.23. The molecule has 0 bridgehead atoms. The van der Waals surface area contributed by atoms with Gasteiger partial charge in [-0.05, 0) is 74.0 Å². The van der Waals surface area contributed by atoms with E-state index in [0.717, 1.165) is 38.5 Å². The maximum atomic E-state index is 12.3. The van der Waals surface area contributed by atoms with Crippen molar-refractivity contribution in [2.24, 2.45) is 17.3 Å². The van der Waals surface area contributed by atoms with E-state index in [9.17, 15) is 19.8 Å². The van der Waals surface area contributed by atoms with Crippen LogP contribution in [0.1, 0.15) is 58.3 Å². The van der Waals surface area contributed by atoms with Crippen LogP contribution in [-0.4, -0.2) is 34.0 Å². The molecule has 130 valence electrons. The first-order valence-electron chi connectivity index (χ1n) is 9.23. The lowest BCUT2D eigenvalue weighted by Gasteiger charge is -2.51. The molecule has 4 rings (SSSR count). The fraction of sp³-hybridized carbons (Fsp3) is 0.700. The third-order valence-corrected chi connectivity index (χ3v) is 7.49. The molecule has 4 unspecified atom stereocenters. The Kier molecular flexibility index (Phi) is 3.63. The Bertz CT molecular complexity index is 673. The number of hydrogen-bond donors (Lipinski definition) is 2. The molecule has 0 aromatic heterocycles. The summed E-state index contributed by atoms with van der Waals surface area (Å²) in [6, 6.07) is 0. The van der Waals surface area contributed by atoms with Gasteiger partial charge < -0.3 is 10.2 Å². The fourth-order valence-corrected chi connectivity index (χ4v) is 6.14. The molecule has 4 aliphatic rings. The van der Waals surface area contributed by atoms with Crippen molar-refractivity contribution < 1.29 is 19.8 Å². The van der Waals surface area contributed by atoms with Crippen LogP contribution in [0.5, 0.6) is 0 Å². The second kappa shape index (κ2) is 5.37. The van der Waals surface area contributed by atoms with Gasteiger partial charge in [-0.25, -0.2) is 0 Å². The van der Waals surface area contributed by atoms with Crippen LogP contribution >= 0.6 is 0 Å². The Morgan fingerprint density at radius 1 is 1.21 bits per heavy atom. The van der Waals surface area contributed by atoms with Crippen molar-refractivity contribution in [1.29, 1.82) is 0 Å². The summed E-state index contributed by atoms with van der Waals surface area (Å²) in [5, 5.41) is 20.4. The summed E-state index contributed by atoms with van der Waals surface area (Å²) in [7, 11) is 0. The highest BCUT2D eigenvalue weighted by atomic mass is 16.3. The average molecular weight is 330 g/mol. The minimum absolute atomic E-state index is 0.247. The Balaban J connectivity index is 1.72. The smallest absolute Gasteiger partial charge is 0.190 e. The van der Waals surface area contributed by atoms with Gasteiger partial charge in [0.15, 0.2) is 11.6 Å². The van der Waals surface area contributed by atoms with E-state index < -0.39 is 23.4 Å². The average Bonchev–Trinajstić information content (AvgIpc) is 2.86. The minimum atomic E-state index is -1.37. The summed E-state index contributed by atoms with van der Waals surface area (Å²) < 4.78 is 0. The van der Waals surface area contributed by atoms with Gasteiger partial charge in [0.2, 0.25) is 0 Å². The van der Waals surface area contributed by atoms with E-state index in [1.54, 1.807) is 0 Å². The van der Waals surface area contributed by atoms with Crippen molar-refractivity contribution in [3.05, 3.63) is 22.8 Å². The van der Waals surface area contributed by atoms with Crippen molar-refractivity contribution in [1.82, 2.24) is 0 Å². The van der Waals surface area contributed by atoms with Gasteiger partial charge in [0.25, 0.3) is 0 Å². The van der Waals surface area contributed by atoms with Crippen molar-refractivity contribution >= 4 is 11.6 Å². The van der Waals surface area contributed by atoms with Crippen LogP contribution in [0.2, 0.25) is 0 Å². The fourth-order valence-electron chi connectivity index (χ4n) is 6.14. The summed E-state index contributed by atoms with van der Waals surface area (Å²) in [4.78, 5) is 24.0. The lowest BCUT2D eigenvalue weighted by molar-refractivity contribution is -0.157. The number of ketones is 2. The molecule has 24 heavy (non-hydrogen) atoms. The molecule has 0 saturated heterocycles. The zero-order chi connectivity index (χ0) is 17.1. The van der Waals surface area contributed by atoms with E-state index in [4.69, 9.17) is 0 Å². The Labute approximate surface area is 142 Å². The predicted molar refractivity (Wildman–Crippen MR) is 89.2 cm³/mol. The van der Waals surface area contributed by atoms with Gasteiger partial charge in [-0.3, -0.25) is 9.59 Å². The van der Waals surface area contributed by atoms with Gasteiger partial charge in [-0.1, -0.05) is 12.5 Å². The molecule has 4 nitrogen and oxygen atoms in total. The quantitative estimate of drug-likeness (QED) is 0.816. The van der Waals surface area contributed by atoms with E-state index >= 15 is 0 Å². The summed E-state index contributed by atoms with van der Waals surface area (Å²) in [5.74, 6) is 0.554. The van der Waals surface area contributed by atoms with Crippen LogP contribution < -0.4 is 0 Å². The molecule has 0 aliphatic heterocycles. The van der Waals surface area contributed by atoms with Crippen molar-refractivity contribution in [2.45, 2.75) is 63.9 Å². The second-order valence-corrected chi connectivity index (χ2v) is 8.29. The lowest BCUT2D eigenvalue weighted by Crippen LogP contribution is -2.55. The molecule has 2 N–H and O–H groups in total. The molecule has 4 aliphatic carbocycles. The highest BCUT2D eigenvalue weighted by Crippen LogP contribution is 2.63. The summed E-state index contributed by atoms with van der Waals surface area (Å²) >= 11 is 0. The molecule has 4 atom stereocenters. The van der Waals surface area contributed by atoms with Gasteiger partial charge in [0.1, 0.15) is 12.2 Å². The number of carbonyl (C=O) groups excluding carboxylic acids is 2. The topological polar surface area (TPSA) is 74.6 Å². The Morgan fingerprint density at radius 2 is 2.00 bits per heavy atom. The molecule has 2 saturated carbocycles. The summed E-state index contributed by atoms with van der Waals surface area (Å²) in [5.41, 5.74) is 2.31. The molecule has 0 aromatic rings.